The monoisotopic (exact) mass is 1820 g/mol. The van der Waals surface area contributed by atoms with Gasteiger partial charge in [0.2, 0.25) is 0 Å². The predicted octanol–water partition coefficient (Wildman–Crippen LogP) is 24.8. The van der Waals surface area contributed by atoms with E-state index in [-0.39, 0.29) is 95.9 Å². The van der Waals surface area contributed by atoms with Crippen molar-refractivity contribution in [1.82, 2.24) is 0 Å². The van der Waals surface area contributed by atoms with Crippen LogP contribution in [0, 0.1) is 93.1 Å². The number of halogens is 16. The maximum atomic E-state index is 18.2. The molecule has 0 saturated heterocycles. The standard InChI is InChI=1S/C102H59B3F16N6O3S2/c1-101(2,3)47-31-33-84-52(35-47)97-99(131-84)104-54-43-55-76(45-74(54)122-75-37-49(40-81(129-97)86(75)104)123(89-58(106)15-7-16-59(89)107)90-60(108)17-8-18-61(90)109)126(95-70(118)27-13-28-71(95)119)78-38-50(124(91-62(110)19-9-20-63(91)111)92-64(112)21-10-22-65(92)113)41-82-87(78)103(55)57-44-56-77(46-80(57)128-82)127(96-72(120)29-14-30-73(96)121)79-39-51(125(93-66(114)23-11-24-67(93)115)94-68(116)25-12-26-69(94)117)42-83-88(79)105(56)100-98(130-83)53-36-48(102(4,5)6)32-34-85(53)132-100/h7-46,122H,1-6H3. The third kappa shape index (κ3) is 12.3. The molecule has 0 atom stereocenters. The highest BCUT2D eigenvalue weighted by atomic mass is 32.1. The quantitative estimate of drug-likeness (QED) is 0.101. The van der Waals surface area contributed by atoms with E-state index in [1.807, 2.05) is 77.9 Å². The highest BCUT2D eigenvalue weighted by Gasteiger charge is 2.53. The van der Waals surface area contributed by atoms with Gasteiger partial charge in [0.05, 0.1) is 17.1 Å². The van der Waals surface area contributed by atoms with Gasteiger partial charge in [0.1, 0.15) is 173 Å². The molecule has 0 spiro atoms. The fraction of sp³-hybridized carbons (Fsp3) is 0.0784. The van der Waals surface area contributed by atoms with Crippen LogP contribution in [0.15, 0.2) is 243 Å². The zero-order valence-electron chi connectivity index (χ0n) is 69.7. The summed E-state index contributed by atoms with van der Waals surface area (Å²) in [5.74, 6) is -20.5. The maximum absolute atomic E-state index is 18.2. The molecule has 648 valence electrons. The molecular formula is C102H59B3F16N6O3S2. The summed E-state index contributed by atoms with van der Waals surface area (Å²) < 4.78 is 301. The minimum atomic E-state index is -1.38. The van der Waals surface area contributed by atoms with E-state index < -0.39 is 181 Å². The van der Waals surface area contributed by atoms with E-state index in [0.29, 0.717) is 56.2 Å². The summed E-state index contributed by atoms with van der Waals surface area (Å²) in [6.45, 7) is 8.50. The normalized spacial score (nSPS) is 13.4. The Morgan fingerprint density at radius 2 is 0.591 bits per heavy atom. The van der Waals surface area contributed by atoms with Gasteiger partial charge in [-0.25, -0.2) is 70.2 Å². The van der Waals surface area contributed by atoms with E-state index in [1.54, 1.807) is 18.2 Å². The first kappa shape index (κ1) is 81.9. The van der Waals surface area contributed by atoms with Crippen molar-refractivity contribution in [1.29, 1.82) is 0 Å². The van der Waals surface area contributed by atoms with Crippen LogP contribution >= 0.6 is 22.7 Å². The topological polar surface area (TPSA) is 55.9 Å². The predicted molar refractivity (Wildman–Crippen MR) is 491 cm³/mol. The molecule has 0 bridgehead atoms. The van der Waals surface area contributed by atoms with Crippen molar-refractivity contribution in [2.24, 2.45) is 0 Å². The van der Waals surface area contributed by atoms with Gasteiger partial charge in [-0.2, -0.15) is 0 Å². The molecule has 132 heavy (non-hydrogen) atoms. The van der Waals surface area contributed by atoms with E-state index in [2.05, 4.69) is 5.32 Å². The number of nitrogens with one attached hydrogen (secondary N) is 1. The molecular weight excluding hydrogens is 1760 g/mol. The van der Waals surface area contributed by atoms with Crippen LogP contribution in [0.4, 0.5) is 167 Å². The molecule has 0 saturated carbocycles. The number of thiophene rings is 2. The van der Waals surface area contributed by atoms with Crippen molar-refractivity contribution >= 4 is 207 Å². The molecule has 2 aromatic heterocycles. The Kier molecular flexibility index (Phi) is 18.3. The molecule has 1 N–H and O–H groups in total. The van der Waals surface area contributed by atoms with E-state index >= 15 is 70.2 Å². The second-order valence-electron chi connectivity index (χ2n) is 35.1. The van der Waals surface area contributed by atoms with Crippen LogP contribution in [-0.4, -0.2) is 20.1 Å². The summed E-state index contributed by atoms with van der Waals surface area (Å²) >= 11 is 2.64. The lowest BCUT2D eigenvalue weighted by molar-refractivity contribution is 0.487. The molecule has 23 rings (SSSR count). The first-order valence-electron chi connectivity index (χ1n) is 41.7. The molecule has 30 heteroatoms. The van der Waals surface area contributed by atoms with Gasteiger partial charge in [-0.1, -0.05) is 114 Å². The highest BCUT2D eigenvalue weighted by Crippen LogP contribution is 2.56. The molecule has 0 radical (unpaired) electrons. The summed E-state index contributed by atoms with van der Waals surface area (Å²) in [6.07, 6.45) is 0. The lowest BCUT2D eigenvalue weighted by Crippen LogP contribution is -2.64. The van der Waals surface area contributed by atoms with Gasteiger partial charge in [-0.3, -0.25) is 14.7 Å². The molecule has 6 aliphatic rings. The number of benzene rings is 15. The second kappa shape index (κ2) is 29.5. The fourth-order valence-electron chi connectivity index (χ4n) is 19.5. The Morgan fingerprint density at radius 1 is 0.280 bits per heavy atom. The smallest absolute Gasteiger partial charge is 0.268 e. The molecule has 0 aliphatic carbocycles. The van der Waals surface area contributed by atoms with Gasteiger partial charge in [0.15, 0.2) is 0 Å². The van der Waals surface area contributed by atoms with E-state index in [4.69, 9.17) is 14.2 Å². The molecule has 0 fully saturated rings. The molecule has 0 amide bonds. The average Bonchev–Trinajstić information content (AvgIpc) is 0.833. The minimum absolute atomic E-state index is 0.0245. The highest BCUT2D eigenvalue weighted by molar-refractivity contribution is 7.34. The summed E-state index contributed by atoms with van der Waals surface area (Å²) in [6, 6.07) is 48.8. The average molecular weight is 1820 g/mol. The van der Waals surface area contributed by atoms with E-state index in [0.717, 1.165) is 167 Å². The molecule has 15 aromatic carbocycles. The van der Waals surface area contributed by atoms with E-state index in [9.17, 15) is 0 Å². The van der Waals surface area contributed by atoms with E-state index in [1.165, 1.54) is 70.0 Å². The zero-order valence-corrected chi connectivity index (χ0v) is 71.3. The van der Waals surface area contributed by atoms with Crippen molar-refractivity contribution in [3.63, 3.8) is 0 Å². The van der Waals surface area contributed by atoms with Gasteiger partial charge in [0, 0.05) is 88.1 Å². The Hall–Kier alpha value is -14.5. The summed E-state index contributed by atoms with van der Waals surface area (Å²) in [4.78, 5) is 4.34. The number of hydrogen-bond donors (Lipinski definition) is 1. The van der Waals surface area contributed by atoms with Crippen LogP contribution in [0.3, 0.4) is 0 Å². The van der Waals surface area contributed by atoms with Gasteiger partial charge in [0.25, 0.3) is 20.1 Å². The van der Waals surface area contributed by atoms with Gasteiger partial charge in [-0.05, 0) is 206 Å². The molecule has 6 aliphatic heterocycles. The SMILES string of the molecule is CC(C)(C)c1ccc2sc3c(c2c1)Oc1cc(N(c2c(F)cccc2F)c2c(F)cccc2F)cc2c1B3c1cc3c(cc1N2)N(c1c(F)cccc1F)c1cc(N(c2c(F)cccc2F)c2c(F)cccc2F)cc2c1B3c1cc3c(cc1O2)N(c1c(F)cccc1F)c1cc(N(c2c(F)cccc2F)c2c(F)cccc2F)cc2c1B3c1sc3ccc(C(C)(C)C)cc3c1O2. The van der Waals surface area contributed by atoms with Crippen LogP contribution in [0.1, 0.15) is 52.7 Å². The molecule has 0 unspecified atom stereocenters. The number of para-hydroxylation sites is 8. The van der Waals surface area contributed by atoms with Crippen molar-refractivity contribution in [2.75, 3.05) is 29.8 Å². The Morgan fingerprint density at radius 3 is 0.962 bits per heavy atom. The van der Waals surface area contributed by atoms with Crippen molar-refractivity contribution in [3.8, 4) is 34.5 Å². The summed E-state index contributed by atoms with van der Waals surface area (Å²) in [5.41, 5.74) is -6.70. The largest absolute Gasteiger partial charge is 0.458 e. The number of ether oxygens (including phenoxy) is 3. The van der Waals surface area contributed by atoms with Crippen LogP contribution in [0.2, 0.25) is 0 Å². The lowest BCUT2D eigenvalue weighted by Gasteiger charge is -2.44. The van der Waals surface area contributed by atoms with Crippen LogP contribution < -0.4 is 91.8 Å². The van der Waals surface area contributed by atoms with Gasteiger partial charge in [-0.15, -0.1) is 22.7 Å². The maximum Gasteiger partial charge on any atom is 0.268 e. The van der Waals surface area contributed by atoms with Crippen molar-refractivity contribution in [2.45, 2.75) is 52.4 Å². The summed E-state index contributed by atoms with van der Waals surface area (Å²) in [7, 11) is 0. The fourth-order valence-corrected chi connectivity index (χ4v) is 22.0. The Bertz CT molecular complexity index is 7670. The van der Waals surface area contributed by atoms with Crippen LogP contribution in [0.5, 0.6) is 34.5 Å². The number of anilines is 17. The lowest BCUT2D eigenvalue weighted by atomic mass is 9.30. The second-order valence-corrected chi connectivity index (χ2v) is 37.3. The number of nitrogens with zero attached hydrogens (tertiary/aromatic N) is 5. The molecule has 8 heterocycles. The molecule has 9 nitrogen and oxygen atoms in total. The number of rotatable bonds is 11. The van der Waals surface area contributed by atoms with Crippen molar-refractivity contribution in [3.05, 3.63) is 347 Å². The van der Waals surface area contributed by atoms with Crippen molar-refractivity contribution < 1.29 is 84.5 Å². The minimum Gasteiger partial charge on any atom is -0.458 e. The van der Waals surface area contributed by atoms with Crippen LogP contribution in [0.25, 0.3) is 20.2 Å². The first-order chi connectivity index (χ1) is 63.3. The number of fused-ring (bicyclic) bond motifs is 16. The zero-order chi connectivity index (χ0) is 91.3. The third-order valence-corrected chi connectivity index (χ3v) is 27.8. The Labute approximate surface area is 751 Å². The van der Waals surface area contributed by atoms with Gasteiger partial charge < -0.3 is 29.3 Å². The third-order valence-electron chi connectivity index (χ3n) is 25.3. The summed E-state index contributed by atoms with van der Waals surface area (Å²) in [5, 5.41) is 4.67. The van der Waals surface area contributed by atoms with Crippen LogP contribution in [-0.2, 0) is 10.8 Å². The molecule has 17 aromatic rings. The number of hydrogen-bond acceptors (Lipinski definition) is 11. The van der Waals surface area contributed by atoms with Gasteiger partial charge >= 0.3 is 0 Å². The Balaban J connectivity index is 0.846. The first-order valence-corrected chi connectivity index (χ1v) is 43.4.